The molecule has 0 aliphatic rings. The second-order valence-corrected chi connectivity index (χ2v) is 5.37. The van der Waals surface area contributed by atoms with E-state index in [9.17, 15) is 13.6 Å². The highest BCUT2D eigenvalue weighted by Crippen LogP contribution is 2.30. The van der Waals surface area contributed by atoms with Crippen molar-refractivity contribution in [1.29, 1.82) is 5.26 Å². The highest BCUT2D eigenvalue weighted by molar-refractivity contribution is 5.79. The van der Waals surface area contributed by atoms with Gasteiger partial charge in [0.25, 0.3) is 5.56 Å². The van der Waals surface area contributed by atoms with Gasteiger partial charge >= 0.3 is 0 Å². The van der Waals surface area contributed by atoms with E-state index in [4.69, 9.17) is 10.00 Å². The van der Waals surface area contributed by atoms with Gasteiger partial charge in [0.05, 0.1) is 17.2 Å². The molecule has 1 heterocycles. The molecule has 0 aliphatic heterocycles. The smallest absolute Gasteiger partial charge is 0.261 e. The third-order valence-electron chi connectivity index (χ3n) is 3.65. The molecule has 25 heavy (non-hydrogen) atoms. The quantitative estimate of drug-likeness (QED) is 0.725. The molecular formula is C18H13F2N3O2. The summed E-state index contributed by atoms with van der Waals surface area (Å²) in [6.45, 7) is 2.45. The minimum atomic E-state index is -0.883. The Balaban J connectivity index is 2.10. The third kappa shape index (κ3) is 3.06. The lowest BCUT2D eigenvalue weighted by atomic mass is 10.2. The maximum Gasteiger partial charge on any atom is 0.261 e. The minimum absolute atomic E-state index is 0.113. The summed E-state index contributed by atoms with van der Waals surface area (Å²) in [6, 6.07) is 7.74. The van der Waals surface area contributed by atoms with E-state index in [-0.39, 0.29) is 11.3 Å². The van der Waals surface area contributed by atoms with Gasteiger partial charge in [-0.25, -0.2) is 13.8 Å². The number of aromatic nitrogens is 2. The average Bonchev–Trinajstić information content (AvgIpc) is 2.61. The molecular weight excluding hydrogens is 328 g/mol. The topological polar surface area (TPSA) is 67.9 Å². The fraction of sp³-hybridized carbons (Fsp3) is 0.167. The molecule has 1 aromatic heterocycles. The number of halogens is 2. The Hall–Kier alpha value is -3.27. The number of rotatable bonds is 4. The van der Waals surface area contributed by atoms with Crippen molar-refractivity contribution in [2.45, 2.75) is 19.9 Å². The van der Waals surface area contributed by atoms with Crippen LogP contribution in [0.1, 0.15) is 18.9 Å². The van der Waals surface area contributed by atoms with E-state index in [0.29, 0.717) is 17.4 Å². The van der Waals surface area contributed by atoms with Crippen molar-refractivity contribution >= 4 is 10.9 Å². The Morgan fingerprint density at radius 1 is 1.24 bits per heavy atom. The van der Waals surface area contributed by atoms with Gasteiger partial charge in [0.1, 0.15) is 23.2 Å². The zero-order valence-electron chi connectivity index (χ0n) is 13.3. The number of benzene rings is 2. The summed E-state index contributed by atoms with van der Waals surface area (Å²) in [5.41, 5.74) is -0.322. The number of hydrogen-bond acceptors (Lipinski definition) is 4. The molecule has 3 rings (SSSR count). The van der Waals surface area contributed by atoms with Crippen molar-refractivity contribution in [2.75, 3.05) is 0 Å². The molecule has 0 radical (unpaired) electrons. The molecule has 0 saturated heterocycles. The fourth-order valence-electron chi connectivity index (χ4n) is 2.46. The Bertz CT molecular complexity index is 1050. The van der Waals surface area contributed by atoms with Gasteiger partial charge < -0.3 is 4.74 Å². The van der Waals surface area contributed by atoms with E-state index in [1.165, 1.54) is 23.0 Å². The summed E-state index contributed by atoms with van der Waals surface area (Å²) < 4.78 is 34.4. The fourth-order valence-corrected chi connectivity index (χ4v) is 2.46. The summed E-state index contributed by atoms with van der Waals surface area (Å²) in [4.78, 5) is 16.6. The Morgan fingerprint density at radius 2 is 2.00 bits per heavy atom. The van der Waals surface area contributed by atoms with Gasteiger partial charge in [-0.05, 0) is 36.8 Å². The number of fused-ring (bicyclic) bond motifs is 1. The van der Waals surface area contributed by atoms with E-state index in [2.05, 4.69) is 4.98 Å². The van der Waals surface area contributed by atoms with Crippen molar-refractivity contribution in [3.8, 4) is 17.6 Å². The van der Waals surface area contributed by atoms with Gasteiger partial charge in [-0.15, -0.1) is 0 Å². The molecule has 7 heteroatoms. The average molecular weight is 341 g/mol. The lowest BCUT2D eigenvalue weighted by molar-refractivity contribution is 0.435. The van der Waals surface area contributed by atoms with Crippen LogP contribution in [-0.2, 0) is 6.54 Å². The van der Waals surface area contributed by atoms with E-state index in [1.807, 2.05) is 6.92 Å². The number of nitriles is 1. The lowest BCUT2D eigenvalue weighted by Gasteiger charge is -2.10. The van der Waals surface area contributed by atoms with Crippen LogP contribution in [0.25, 0.3) is 10.9 Å². The van der Waals surface area contributed by atoms with Crippen LogP contribution in [0.5, 0.6) is 11.5 Å². The van der Waals surface area contributed by atoms with Crippen molar-refractivity contribution in [3.63, 3.8) is 0 Å². The van der Waals surface area contributed by atoms with Gasteiger partial charge in [0, 0.05) is 6.54 Å². The molecule has 0 spiro atoms. The molecule has 0 unspecified atom stereocenters. The number of aryl methyl sites for hydroxylation is 1. The highest BCUT2D eigenvalue weighted by Gasteiger charge is 2.16. The highest BCUT2D eigenvalue weighted by atomic mass is 19.1. The molecule has 126 valence electrons. The van der Waals surface area contributed by atoms with E-state index >= 15 is 0 Å². The molecule has 5 nitrogen and oxygen atoms in total. The molecule has 0 N–H and O–H groups in total. The van der Waals surface area contributed by atoms with Crippen LogP contribution in [0.4, 0.5) is 8.78 Å². The zero-order chi connectivity index (χ0) is 18.0. The first-order chi connectivity index (χ1) is 12.0. The summed E-state index contributed by atoms with van der Waals surface area (Å²) in [6.07, 6.45) is 2.23. The SMILES string of the molecule is CCCn1cnc2ccc(Oc3c(F)ccc(F)c3C#N)cc2c1=O. The summed E-state index contributed by atoms with van der Waals surface area (Å²) in [5.74, 6) is -2.15. The van der Waals surface area contributed by atoms with Gasteiger partial charge in [0.15, 0.2) is 11.6 Å². The van der Waals surface area contributed by atoms with Crippen molar-refractivity contribution in [2.24, 2.45) is 0 Å². The maximum absolute atomic E-state index is 13.9. The predicted molar refractivity (Wildman–Crippen MR) is 87.4 cm³/mol. The van der Waals surface area contributed by atoms with Crippen molar-refractivity contribution in [1.82, 2.24) is 9.55 Å². The Kier molecular flexibility index (Phi) is 4.44. The zero-order valence-corrected chi connectivity index (χ0v) is 13.3. The van der Waals surface area contributed by atoms with Crippen LogP contribution in [0, 0.1) is 23.0 Å². The van der Waals surface area contributed by atoms with Crippen LogP contribution in [-0.4, -0.2) is 9.55 Å². The van der Waals surface area contributed by atoms with Crippen LogP contribution in [0.15, 0.2) is 41.5 Å². The molecule has 2 aromatic carbocycles. The van der Waals surface area contributed by atoms with E-state index in [1.54, 1.807) is 12.1 Å². The first-order valence-corrected chi connectivity index (χ1v) is 7.60. The van der Waals surface area contributed by atoms with E-state index in [0.717, 1.165) is 18.6 Å². The monoisotopic (exact) mass is 341 g/mol. The van der Waals surface area contributed by atoms with Crippen LogP contribution in [0.3, 0.4) is 0 Å². The molecule has 0 amide bonds. The third-order valence-corrected chi connectivity index (χ3v) is 3.65. The first kappa shape index (κ1) is 16.6. The van der Waals surface area contributed by atoms with Gasteiger partial charge in [-0.1, -0.05) is 6.92 Å². The second-order valence-electron chi connectivity index (χ2n) is 5.37. The van der Waals surface area contributed by atoms with Gasteiger partial charge in [-0.3, -0.25) is 9.36 Å². The second kappa shape index (κ2) is 6.69. The summed E-state index contributed by atoms with van der Waals surface area (Å²) in [5, 5.41) is 9.31. The minimum Gasteiger partial charge on any atom is -0.453 e. The predicted octanol–water partition coefficient (Wildman–Crippen LogP) is 3.75. The number of hydrogen-bond donors (Lipinski definition) is 0. The number of nitrogens with zero attached hydrogens (tertiary/aromatic N) is 3. The number of ether oxygens (including phenoxy) is 1. The van der Waals surface area contributed by atoms with Crippen molar-refractivity contribution in [3.05, 3.63) is 64.2 Å². The standard InChI is InChI=1S/C18H13F2N3O2/c1-2-7-23-10-22-16-6-3-11(8-12(16)18(23)24)25-17-13(9-21)14(19)4-5-15(17)20/h3-6,8,10H,2,7H2,1H3. The molecule has 3 aromatic rings. The Morgan fingerprint density at radius 3 is 2.72 bits per heavy atom. The van der Waals surface area contributed by atoms with Crippen molar-refractivity contribution < 1.29 is 13.5 Å². The molecule has 0 atom stereocenters. The van der Waals surface area contributed by atoms with Gasteiger partial charge in [0.2, 0.25) is 0 Å². The van der Waals surface area contributed by atoms with Gasteiger partial charge in [-0.2, -0.15) is 5.26 Å². The molecule has 0 fully saturated rings. The van der Waals surface area contributed by atoms with Crippen LogP contribution >= 0.6 is 0 Å². The lowest BCUT2D eigenvalue weighted by Crippen LogP contribution is -2.20. The first-order valence-electron chi connectivity index (χ1n) is 7.60. The van der Waals surface area contributed by atoms with E-state index < -0.39 is 22.9 Å². The Labute approximate surface area is 141 Å². The largest absolute Gasteiger partial charge is 0.453 e. The van der Waals surface area contributed by atoms with Crippen LogP contribution in [0.2, 0.25) is 0 Å². The maximum atomic E-state index is 13.9. The summed E-state index contributed by atoms with van der Waals surface area (Å²) in [7, 11) is 0. The normalized spacial score (nSPS) is 10.6. The molecule has 0 bridgehead atoms. The molecule has 0 saturated carbocycles. The summed E-state index contributed by atoms with van der Waals surface area (Å²) >= 11 is 0. The molecule has 0 aliphatic carbocycles. The van der Waals surface area contributed by atoms with Crippen LogP contribution < -0.4 is 10.3 Å².